The van der Waals surface area contributed by atoms with Gasteiger partial charge in [0.25, 0.3) is 0 Å². The van der Waals surface area contributed by atoms with Gasteiger partial charge in [0, 0.05) is 17.4 Å². The number of hydrazine groups is 1. The molecule has 0 spiro atoms. The van der Waals surface area contributed by atoms with Gasteiger partial charge in [-0.25, -0.2) is 9.97 Å². The molecule has 0 fully saturated rings. The van der Waals surface area contributed by atoms with Crippen molar-refractivity contribution in [2.75, 3.05) is 5.43 Å². The Labute approximate surface area is 138 Å². The number of carbonyl (C=O) groups is 1. The number of benzene rings is 1. The highest BCUT2D eigenvalue weighted by Crippen LogP contribution is 2.36. The van der Waals surface area contributed by atoms with E-state index in [1.807, 2.05) is 0 Å². The van der Waals surface area contributed by atoms with E-state index in [9.17, 15) is 4.79 Å². The van der Waals surface area contributed by atoms with Gasteiger partial charge in [0.2, 0.25) is 5.91 Å². The van der Waals surface area contributed by atoms with E-state index in [4.69, 9.17) is 0 Å². The van der Waals surface area contributed by atoms with Crippen molar-refractivity contribution in [1.29, 1.82) is 0 Å². The van der Waals surface area contributed by atoms with Crippen LogP contribution in [0.1, 0.15) is 24.5 Å². The number of nitrogens with zero attached hydrogens (tertiary/aromatic N) is 2. The maximum atomic E-state index is 11.5. The topological polar surface area (TPSA) is 66.9 Å². The first-order valence-electron chi connectivity index (χ1n) is 7.44. The molecule has 0 atom stereocenters. The van der Waals surface area contributed by atoms with E-state index in [1.165, 1.54) is 17.5 Å². The summed E-state index contributed by atoms with van der Waals surface area (Å²) >= 11 is 1.57. The third kappa shape index (κ3) is 3.03. The Bertz CT molecular complexity index is 872. The van der Waals surface area contributed by atoms with Crippen LogP contribution in [0.15, 0.2) is 29.9 Å². The molecule has 6 heteroatoms. The molecular weight excluding hydrogens is 308 g/mol. The minimum atomic E-state index is -0.0836. The summed E-state index contributed by atoms with van der Waals surface area (Å²) in [4.78, 5) is 21.0. The van der Waals surface area contributed by atoms with Gasteiger partial charge in [0.1, 0.15) is 11.2 Å². The molecule has 2 aromatic heterocycles. The number of thiophene rings is 1. The second kappa shape index (κ2) is 6.34. The van der Waals surface area contributed by atoms with Gasteiger partial charge < -0.3 is 0 Å². The molecule has 0 radical (unpaired) electrons. The molecular formula is C17H18N4OS. The molecule has 0 bridgehead atoms. The molecule has 5 nitrogen and oxygen atoms in total. The van der Waals surface area contributed by atoms with Gasteiger partial charge in [0.05, 0.1) is 5.39 Å². The number of amides is 1. The lowest BCUT2D eigenvalue weighted by Gasteiger charge is -2.10. The average Bonchev–Trinajstić information content (AvgIpc) is 2.99. The highest BCUT2D eigenvalue weighted by Gasteiger charge is 2.13. The van der Waals surface area contributed by atoms with E-state index in [-0.39, 0.29) is 5.91 Å². The van der Waals surface area contributed by atoms with Crippen LogP contribution in [0.3, 0.4) is 0 Å². The highest BCUT2D eigenvalue weighted by atomic mass is 32.1. The Morgan fingerprint density at radius 1 is 1.22 bits per heavy atom. The first-order chi connectivity index (χ1) is 11.1. The molecule has 0 aliphatic heterocycles. The van der Waals surface area contributed by atoms with Crippen LogP contribution in [0.25, 0.3) is 21.3 Å². The third-order valence-electron chi connectivity index (χ3n) is 3.83. The van der Waals surface area contributed by atoms with Crippen molar-refractivity contribution in [3.05, 3.63) is 41.0 Å². The van der Waals surface area contributed by atoms with E-state index in [2.05, 4.69) is 58.2 Å². The summed E-state index contributed by atoms with van der Waals surface area (Å²) in [5, 5.41) is 3.01. The fraction of sp³-hybridized carbons (Fsp3) is 0.235. The van der Waals surface area contributed by atoms with Crippen molar-refractivity contribution in [2.24, 2.45) is 0 Å². The Kier molecular flexibility index (Phi) is 4.25. The zero-order valence-electron chi connectivity index (χ0n) is 13.3. The lowest BCUT2D eigenvalue weighted by Crippen LogP contribution is -2.29. The first-order valence-corrected chi connectivity index (χ1v) is 8.32. The van der Waals surface area contributed by atoms with Crippen LogP contribution in [0.4, 0.5) is 5.82 Å². The summed E-state index contributed by atoms with van der Waals surface area (Å²) in [6.07, 6.45) is 1.91. The van der Waals surface area contributed by atoms with Crippen LogP contribution in [-0.4, -0.2) is 15.9 Å². The lowest BCUT2D eigenvalue weighted by atomic mass is 10.0. The molecule has 1 aromatic carbocycles. The molecule has 0 aliphatic rings. The zero-order valence-corrected chi connectivity index (χ0v) is 14.1. The average molecular weight is 326 g/mol. The van der Waals surface area contributed by atoms with E-state index >= 15 is 0 Å². The zero-order chi connectivity index (χ0) is 16.4. The standard InChI is InChI=1S/C17H18N4OS/c1-4-14(22)20-21-16-15-13(8-23-17(15)19-9-18-16)12-6-5-10(2)11(3)7-12/h5-9H,4H2,1-3H3,(H,20,22)(H,18,19,21). The predicted octanol–water partition coefficient (Wildman–Crippen LogP) is 3.83. The maximum Gasteiger partial charge on any atom is 0.238 e. The summed E-state index contributed by atoms with van der Waals surface area (Å²) in [5.41, 5.74) is 10.3. The van der Waals surface area contributed by atoms with Crippen molar-refractivity contribution in [2.45, 2.75) is 27.2 Å². The first kappa shape index (κ1) is 15.4. The predicted molar refractivity (Wildman–Crippen MR) is 94.4 cm³/mol. The van der Waals surface area contributed by atoms with Crippen molar-refractivity contribution < 1.29 is 4.79 Å². The number of aryl methyl sites for hydroxylation is 2. The molecule has 3 aromatic rings. The minimum Gasteiger partial charge on any atom is -0.281 e. The van der Waals surface area contributed by atoms with Crippen molar-refractivity contribution >= 4 is 33.3 Å². The van der Waals surface area contributed by atoms with Gasteiger partial charge in [-0.05, 0) is 30.5 Å². The summed E-state index contributed by atoms with van der Waals surface area (Å²) in [7, 11) is 0. The number of hydrogen-bond acceptors (Lipinski definition) is 5. The fourth-order valence-electron chi connectivity index (χ4n) is 2.31. The number of fused-ring (bicyclic) bond motifs is 1. The quantitative estimate of drug-likeness (QED) is 0.715. The van der Waals surface area contributed by atoms with Crippen LogP contribution >= 0.6 is 11.3 Å². The fourth-order valence-corrected chi connectivity index (χ4v) is 3.22. The molecule has 3 rings (SSSR count). The maximum absolute atomic E-state index is 11.5. The number of aromatic nitrogens is 2. The second-order valence-electron chi connectivity index (χ2n) is 5.38. The Hall–Kier alpha value is -2.47. The lowest BCUT2D eigenvalue weighted by molar-refractivity contribution is -0.120. The molecule has 0 aliphatic carbocycles. The number of nitrogens with one attached hydrogen (secondary N) is 2. The smallest absolute Gasteiger partial charge is 0.238 e. The summed E-state index contributed by atoms with van der Waals surface area (Å²) < 4.78 is 0. The van der Waals surface area contributed by atoms with Crippen molar-refractivity contribution in [3.63, 3.8) is 0 Å². The summed E-state index contributed by atoms with van der Waals surface area (Å²) in [6.45, 7) is 6.00. The highest BCUT2D eigenvalue weighted by molar-refractivity contribution is 7.17. The van der Waals surface area contributed by atoms with Gasteiger partial charge in [0.15, 0.2) is 5.82 Å². The van der Waals surface area contributed by atoms with Crippen LogP contribution in [0, 0.1) is 13.8 Å². The minimum absolute atomic E-state index is 0.0836. The van der Waals surface area contributed by atoms with E-state index < -0.39 is 0 Å². The van der Waals surface area contributed by atoms with E-state index in [1.54, 1.807) is 18.3 Å². The van der Waals surface area contributed by atoms with Crippen molar-refractivity contribution in [1.82, 2.24) is 15.4 Å². The summed E-state index contributed by atoms with van der Waals surface area (Å²) in [5.74, 6) is 0.533. The number of rotatable bonds is 4. The molecule has 0 unspecified atom stereocenters. The molecule has 23 heavy (non-hydrogen) atoms. The third-order valence-corrected chi connectivity index (χ3v) is 4.72. The molecule has 118 valence electrons. The molecule has 0 saturated carbocycles. The normalized spacial score (nSPS) is 10.7. The van der Waals surface area contributed by atoms with E-state index in [0.29, 0.717) is 12.2 Å². The molecule has 2 heterocycles. The van der Waals surface area contributed by atoms with Crippen molar-refractivity contribution in [3.8, 4) is 11.1 Å². The number of carbonyl (C=O) groups excluding carboxylic acids is 1. The van der Waals surface area contributed by atoms with Gasteiger partial charge in [-0.3, -0.25) is 15.6 Å². The van der Waals surface area contributed by atoms with Gasteiger partial charge >= 0.3 is 0 Å². The van der Waals surface area contributed by atoms with Crippen LogP contribution in [-0.2, 0) is 4.79 Å². The SMILES string of the molecule is CCC(=O)NNc1ncnc2scc(-c3ccc(C)c(C)c3)c12. The van der Waals surface area contributed by atoms with E-state index in [0.717, 1.165) is 21.3 Å². The van der Waals surface area contributed by atoms with Gasteiger partial charge in [-0.2, -0.15) is 0 Å². The monoisotopic (exact) mass is 326 g/mol. The molecule has 2 N–H and O–H groups in total. The number of hydrogen-bond donors (Lipinski definition) is 2. The largest absolute Gasteiger partial charge is 0.281 e. The second-order valence-corrected chi connectivity index (χ2v) is 6.24. The van der Waals surface area contributed by atoms with Crippen LogP contribution < -0.4 is 10.9 Å². The Morgan fingerprint density at radius 2 is 2.04 bits per heavy atom. The van der Waals surface area contributed by atoms with Gasteiger partial charge in [-0.1, -0.05) is 25.1 Å². The Morgan fingerprint density at radius 3 is 2.78 bits per heavy atom. The number of anilines is 1. The van der Waals surface area contributed by atoms with Crippen LogP contribution in [0.2, 0.25) is 0 Å². The molecule has 0 saturated heterocycles. The Balaban J connectivity index is 2.07. The van der Waals surface area contributed by atoms with Crippen LogP contribution in [0.5, 0.6) is 0 Å². The summed E-state index contributed by atoms with van der Waals surface area (Å²) in [6, 6.07) is 6.38. The molecule has 1 amide bonds. The van der Waals surface area contributed by atoms with Gasteiger partial charge in [-0.15, -0.1) is 11.3 Å².